The van der Waals surface area contributed by atoms with Crippen molar-refractivity contribution in [2.45, 2.75) is 58.9 Å². The van der Waals surface area contributed by atoms with Crippen LogP contribution in [0.1, 0.15) is 69.1 Å². The summed E-state index contributed by atoms with van der Waals surface area (Å²) in [5, 5.41) is 9.30. The minimum absolute atomic E-state index is 0.0685. The maximum absolute atomic E-state index is 13.1. The van der Waals surface area contributed by atoms with Crippen LogP contribution in [0.5, 0.6) is 0 Å². The van der Waals surface area contributed by atoms with Crippen molar-refractivity contribution in [1.82, 2.24) is 15.3 Å². The Labute approximate surface area is 233 Å². The molecule has 0 spiro atoms. The average Bonchev–Trinajstić information content (AvgIpc) is 3.39. The summed E-state index contributed by atoms with van der Waals surface area (Å²) in [5.74, 6) is 0.290. The first-order valence-corrected chi connectivity index (χ1v) is 14.3. The van der Waals surface area contributed by atoms with E-state index >= 15 is 0 Å². The molecule has 1 atom stereocenters. The van der Waals surface area contributed by atoms with Gasteiger partial charge in [0.05, 0.1) is 10.6 Å². The molecule has 0 saturated heterocycles. The van der Waals surface area contributed by atoms with Gasteiger partial charge in [0.1, 0.15) is 0 Å². The molecule has 7 nitrogen and oxygen atoms in total. The van der Waals surface area contributed by atoms with Crippen molar-refractivity contribution in [3.8, 4) is 11.3 Å². The lowest BCUT2D eigenvalue weighted by Crippen LogP contribution is -2.31. The lowest BCUT2D eigenvalue weighted by atomic mass is 9.99. The van der Waals surface area contributed by atoms with Gasteiger partial charge in [-0.3, -0.25) is 9.59 Å². The highest BCUT2D eigenvalue weighted by Crippen LogP contribution is 2.32. The zero-order chi connectivity index (χ0) is 27.4. The molecule has 5 rings (SSSR count). The van der Waals surface area contributed by atoms with Crippen LogP contribution in [-0.2, 0) is 12.8 Å². The van der Waals surface area contributed by atoms with Crippen molar-refractivity contribution in [2.24, 2.45) is 0 Å². The molecular weight excluding hydrogens is 506 g/mol. The minimum Gasteiger partial charge on any atom is -0.350 e. The molecular formula is C31H33N5O2S. The number of aryl methyl sites for hydroxylation is 2. The van der Waals surface area contributed by atoms with Gasteiger partial charge in [0, 0.05) is 39.6 Å². The molecule has 1 unspecified atom stereocenters. The van der Waals surface area contributed by atoms with Gasteiger partial charge in [-0.15, -0.1) is 11.3 Å². The number of anilines is 3. The van der Waals surface area contributed by atoms with Gasteiger partial charge >= 0.3 is 0 Å². The number of hydrogen-bond acceptors (Lipinski definition) is 6. The molecule has 3 N–H and O–H groups in total. The predicted molar refractivity (Wildman–Crippen MR) is 158 cm³/mol. The quantitative estimate of drug-likeness (QED) is 0.226. The van der Waals surface area contributed by atoms with Crippen LogP contribution in [0.2, 0.25) is 0 Å². The maximum Gasteiger partial charge on any atom is 0.265 e. The Morgan fingerprint density at radius 2 is 1.82 bits per heavy atom. The van der Waals surface area contributed by atoms with E-state index in [0.29, 0.717) is 11.5 Å². The molecule has 2 heterocycles. The largest absolute Gasteiger partial charge is 0.350 e. The van der Waals surface area contributed by atoms with E-state index in [9.17, 15) is 9.59 Å². The number of thiophene rings is 1. The highest BCUT2D eigenvalue weighted by atomic mass is 32.1. The van der Waals surface area contributed by atoms with Gasteiger partial charge in [0.15, 0.2) is 0 Å². The zero-order valence-electron chi connectivity index (χ0n) is 22.5. The predicted octanol–water partition coefficient (Wildman–Crippen LogP) is 6.92. The van der Waals surface area contributed by atoms with E-state index in [-0.39, 0.29) is 17.9 Å². The van der Waals surface area contributed by atoms with Gasteiger partial charge in [-0.1, -0.05) is 19.1 Å². The van der Waals surface area contributed by atoms with Crippen LogP contribution in [0.15, 0.2) is 60.8 Å². The summed E-state index contributed by atoms with van der Waals surface area (Å²) in [4.78, 5) is 36.6. The first kappa shape index (κ1) is 26.6. The summed E-state index contributed by atoms with van der Waals surface area (Å²) in [6.07, 6.45) is 7.12. The van der Waals surface area contributed by atoms with Crippen LogP contribution >= 0.6 is 11.3 Å². The fraction of sp³-hybridized carbons (Fsp3) is 0.290. The Hall–Kier alpha value is -4.04. The monoisotopic (exact) mass is 539 g/mol. The van der Waals surface area contributed by atoms with E-state index in [1.54, 1.807) is 29.7 Å². The molecule has 39 heavy (non-hydrogen) atoms. The minimum atomic E-state index is -0.0877. The third kappa shape index (κ3) is 6.17. The molecule has 2 aromatic heterocycles. The lowest BCUT2D eigenvalue weighted by molar-refractivity contribution is 0.0938. The number of rotatable bonds is 8. The number of amides is 2. The lowest BCUT2D eigenvalue weighted by Gasteiger charge is -2.13. The fourth-order valence-corrected chi connectivity index (χ4v) is 5.80. The molecule has 4 aromatic rings. The maximum atomic E-state index is 13.1. The molecule has 2 aromatic carbocycles. The Morgan fingerprint density at radius 1 is 1.03 bits per heavy atom. The van der Waals surface area contributed by atoms with E-state index in [1.807, 2.05) is 57.2 Å². The normalized spacial score (nSPS) is 13.3. The Bertz CT molecular complexity index is 1470. The first-order chi connectivity index (χ1) is 18.9. The number of nitrogens with one attached hydrogen (secondary N) is 3. The molecule has 2 amide bonds. The highest BCUT2D eigenvalue weighted by Gasteiger charge is 2.18. The van der Waals surface area contributed by atoms with Crippen LogP contribution in [-0.4, -0.2) is 27.8 Å². The summed E-state index contributed by atoms with van der Waals surface area (Å²) in [6, 6.07) is 17.1. The van der Waals surface area contributed by atoms with E-state index in [2.05, 4.69) is 27.0 Å². The second-order valence-electron chi connectivity index (χ2n) is 9.95. The topological polar surface area (TPSA) is 96.0 Å². The number of benzene rings is 2. The van der Waals surface area contributed by atoms with Crippen LogP contribution < -0.4 is 16.0 Å². The molecule has 8 heteroatoms. The van der Waals surface area contributed by atoms with Gasteiger partial charge < -0.3 is 16.0 Å². The summed E-state index contributed by atoms with van der Waals surface area (Å²) in [5.41, 5.74) is 6.08. The molecule has 200 valence electrons. The molecule has 0 aliphatic heterocycles. The van der Waals surface area contributed by atoms with E-state index in [0.717, 1.165) is 52.3 Å². The average molecular weight is 540 g/mol. The fourth-order valence-electron chi connectivity index (χ4n) is 4.65. The van der Waals surface area contributed by atoms with Gasteiger partial charge in [-0.05, 0) is 99.5 Å². The molecule has 0 fully saturated rings. The summed E-state index contributed by atoms with van der Waals surface area (Å²) < 4.78 is 0. The standard InChI is InChI=1S/C31H33N5O2S/c1-4-19(2)33-29(37)21-12-14-23(15-13-21)34-31-32-17-16-26(36-31)24-9-7-10-25(20(24)3)35-30(38)28-18-22-8-5-6-11-27(22)39-28/h7,9-10,12-19H,4-6,8,11H2,1-3H3,(H,33,37)(H,35,38)(H,32,34,36). The summed E-state index contributed by atoms with van der Waals surface area (Å²) in [6.45, 7) is 6.01. The van der Waals surface area contributed by atoms with Gasteiger partial charge in [-0.2, -0.15) is 0 Å². The number of carbonyl (C=O) groups excluding carboxylic acids is 2. The molecule has 0 radical (unpaired) electrons. The molecule has 0 bridgehead atoms. The number of carbonyl (C=O) groups is 2. The summed E-state index contributed by atoms with van der Waals surface area (Å²) >= 11 is 1.61. The van der Waals surface area contributed by atoms with Crippen molar-refractivity contribution in [2.75, 3.05) is 10.6 Å². The smallest absolute Gasteiger partial charge is 0.265 e. The highest BCUT2D eigenvalue weighted by molar-refractivity contribution is 7.14. The van der Waals surface area contributed by atoms with Crippen LogP contribution in [0.3, 0.4) is 0 Å². The van der Waals surface area contributed by atoms with Gasteiger partial charge in [-0.25, -0.2) is 9.97 Å². The summed E-state index contributed by atoms with van der Waals surface area (Å²) in [7, 11) is 0. The Morgan fingerprint density at radius 3 is 2.59 bits per heavy atom. The van der Waals surface area contributed by atoms with Crippen molar-refractivity contribution in [3.05, 3.63) is 87.2 Å². The third-order valence-corrected chi connectivity index (χ3v) is 8.36. The van der Waals surface area contributed by atoms with Crippen molar-refractivity contribution in [3.63, 3.8) is 0 Å². The molecule has 1 aliphatic rings. The van der Waals surface area contributed by atoms with Gasteiger partial charge in [0.25, 0.3) is 11.8 Å². The van der Waals surface area contributed by atoms with Crippen molar-refractivity contribution >= 4 is 40.5 Å². The van der Waals surface area contributed by atoms with E-state index in [1.165, 1.54) is 23.3 Å². The number of fused-ring (bicyclic) bond motifs is 1. The second kappa shape index (κ2) is 11.8. The van der Waals surface area contributed by atoms with Crippen LogP contribution in [0.25, 0.3) is 11.3 Å². The third-order valence-electron chi connectivity index (χ3n) is 7.13. The zero-order valence-corrected chi connectivity index (χ0v) is 23.3. The van der Waals surface area contributed by atoms with Crippen LogP contribution in [0, 0.1) is 6.92 Å². The number of nitrogens with zero attached hydrogens (tertiary/aromatic N) is 2. The molecule has 0 saturated carbocycles. The SMILES string of the molecule is CCC(C)NC(=O)c1ccc(Nc2nccc(-c3cccc(NC(=O)c4cc5c(s4)CCCC5)c3C)n2)cc1. The van der Waals surface area contributed by atoms with Crippen molar-refractivity contribution < 1.29 is 9.59 Å². The number of aromatic nitrogens is 2. The van der Waals surface area contributed by atoms with Gasteiger partial charge in [0.2, 0.25) is 5.95 Å². The van der Waals surface area contributed by atoms with Crippen LogP contribution in [0.4, 0.5) is 17.3 Å². The Balaban J connectivity index is 1.30. The van der Waals surface area contributed by atoms with E-state index in [4.69, 9.17) is 4.98 Å². The second-order valence-corrected chi connectivity index (χ2v) is 11.1. The van der Waals surface area contributed by atoms with E-state index < -0.39 is 0 Å². The molecule has 1 aliphatic carbocycles. The van der Waals surface area contributed by atoms with Crippen molar-refractivity contribution in [1.29, 1.82) is 0 Å². The number of hydrogen-bond donors (Lipinski definition) is 3. The first-order valence-electron chi connectivity index (χ1n) is 13.4. The Kier molecular flexibility index (Phi) is 8.02.